The largest absolute Gasteiger partial charge is 0.333 e. The van der Waals surface area contributed by atoms with E-state index in [1.54, 1.807) is 12.1 Å². The van der Waals surface area contributed by atoms with Crippen LogP contribution in [0.5, 0.6) is 0 Å². The van der Waals surface area contributed by atoms with E-state index in [1.807, 2.05) is 36.1 Å². The van der Waals surface area contributed by atoms with Crippen LogP contribution in [0.1, 0.15) is 30.0 Å². The summed E-state index contributed by atoms with van der Waals surface area (Å²) in [7, 11) is 0. The number of hydrogen-bond donors (Lipinski definition) is 1. The van der Waals surface area contributed by atoms with E-state index >= 15 is 0 Å². The molecule has 0 spiro atoms. The summed E-state index contributed by atoms with van der Waals surface area (Å²) >= 11 is 6.10. The molecule has 0 radical (unpaired) electrons. The van der Waals surface area contributed by atoms with Gasteiger partial charge < -0.3 is 10.2 Å². The minimum Gasteiger partial charge on any atom is -0.333 e. The van der Waals surface area contributed by atoms with Gasteiger partial charge in [0.25, 0.3) is 0 Å². The molecular weight excluding hydrogens is 327 g/mol. The van der Waals surface area contributed by atoms with Crippen LogP contribution in [-0.4, -0.2) is 30.4 Å². The van der Waals surface area contributed by atoms with Gasteiger partial charge >= 0.3 is 0 Å². The van der Waals surface area contributed by atoms with E-state index in [1.165, 1.54) is 12.1 Å². The highest BCUT2D eigenvalue weighted by Crippen LogP contribution is 2.28. The normalized spacial score (nSPS) is 19.1. The predicted octanol–water partition coefficient (Wildman–Crippen LogP) is 3.76. The molecule has 1 aliphatic rings. The summed E-state index contributed by atoms with van der Waals surface area (Å²) in [6.07, 6.45) is 0. The molecule has 1 heterocycles. The number of hydrogen-bond acceptors (Lipinski definition) is 2. The van der Waals surface area contributed by atoms with Crippen LogP contribution in [0.4, 0.5) is 4.39 Å². The fraction of sp³-hybridized carbons (Fsp3) is 0.316. The Kier molecular flexibility index (Phi) is 5.17. The Labute approximate surface area is 146 Å². The quantitative estimate of drug-likeness (QED) is 0.917. The lowest BCUT2D eigenvalue weighted by Gasteiger charge is -2.38. The van der Waals surface area contributed by atoms with Crippen LogP contribution in [0.3, 0.4) is 0 Å². The SMILES string of the molecule is CC(C(=O)N1CCNCC1c1cccc(Cl)c1)c1cccc(F)c1. The number of nitrogens with zero attached hydrogens (tertiary/aromatic N) is 1. The monoisotopic (exact) mass is 346 g/mol. The molecule has 2 aromatic carbocycles. The molecule has 0 bridgehead atoms. The fourth-order valence-corrected chi connectivity index (χ4v) is 3.35. The second-order valence-corrected chi connectivity index (χ2v) is 6.52. The van der Waals surface area contributed by atoms with Gasteiger partial charge in [0.2, 0.25) is 5.91 Å². The molecule has 0 aromatic heterocycles. The minimum absolute atomic E-state index is 0.00655. The van der Waals surface area contributed by atoms with E-state index in [0.717, 1.165) is 12.1 Å². The molecular formula is C19H20ClFN2O. The first-order chi connectivity index (χ1) is 11.6. The third kappa shape index (κ3) is 3.60. The second-order valence-electron chi connectivity index (χ2n) is 6.08. The molecule has 2 unspecified atom stereocenters. The third-order valence-electron chi connectivity index (χ3n) is 4.48. The Morgan fingerprint density at radius 3 is 2.83 bits per heavy atom. The smallest absolute Gasteiger partial charge is 0.230 e. The van der Waals surface area contributed by atoms with Crippen molar-refractivity contribution < 1.29 is 9.18 Å². The maximum atomic E-state index is 13.5. The first-order valence-corrected chi connectivity index (χ1v) is 8.46. The highest BCUT2D eigenvalue weighted by atomic mass is 35.5. The maximum Gasteiger partial charge on any atom is 0.230 e. The molecule has 1 amide bonds. The standard InChI is InChI=1S/C19H20ClFN2O/c1-13(14-4-3-7-17(21)11-14)19(24)23-9-8-22-12-18(23)15-5-2-6-16(20)10-15/h2-7,10-11,13,18,22H,8-9,12H2,1H3. The maximum absolute atomic E-state index is 13.5. The number of halogens is 2. The van der Waals surface area contributed by atoms with E-state index in [4.69, 9.17) is 11.6 Å². The Morgan fingerprint density at radius 2 is 2.08 bits per heavy atom. The van der Waals surface area contributed by atoms with Crippen LogP contribution in [0.25, 0.3) is 0 Å². The second kappa shape index (κ2) is 7.32. The number of nitrogens with one attached hydrogen (secondary N) is 1. The predicted molar refractivity (Wildman–Crippen MR) is 93.6 cm³/mol. The average molecular weight is 347 g/mol. The molecule has 3 nitrogen and oxygen atoms in total. The van der Waals surface area contributed by atoms with Crippen LogP contribution in [0.2, 0.25) is 5.02 Å². The first-order valence-electron chi connectivity index (χ1n) is 8.08. The van der Waals surface area contributed by atoms with Gasteiger partial charge in [-0.2, -0.15) is 0 Å². The zero-order chi connectivity index (χ0) is 17.1. The van der Waals surface area contributed by atoms with Gasteiger partial charge in [-0.25, -0.2) is 4.39 Å². The number of benzene rings is 2. The summed E-state index contributed by atoms with van der Waals surface area (Å²) in [6, 6.07) is 13.8. The zero-order valence-corrected chi connectivity index (χ0v) is 14.3. The number of rotatable bonds is 3. The van der Waals surface area contributed by atoms with Crippen molar-refractivity contribution in [1.29, 1.82) is 0 Å². The zero-order valence-electron chi connectivity index (χ0n) is 13.5. The molecule has 1 saturated heterocycles. The van der Waals surface area contributed by atoms with Crippen LogP contribution in [-0.2, 0) is 4.79 Å². The first kappa shape index (κ1) is 16.9. The van der Waals surface area contributed by atoms with E-state index in [0.29, 0.717) is 23.7 Å². The third-order valence-corrected chi connectivity index (χ3v) is 4.71. The van der Waals surface area contributed by atoms with E-state index in [-0.39, 0.29) is 23.7 Å². The number of piperazine rings is 1. The summed E-state index contributed by atoms with van der Waals surface area (Å²) in [6.45, 7) is 3.88. The summed E-state index contributed by atoms with van der Waals surface area (Å²) in [5, 5.41) is 3.98. The van der Waals surface area contributed by atoms with Crippen molar-refractivity contribution in [2.75, 3.05) is 19.6 Å². The number of carbonyl (C=O) groups is 1. The number of amides is 1. The molecule has 1 aliphatic heterocycles. The Balaban J connectivity index is 1.86. The Hall–Kier alpha value is -1.91. The van der Waals surface area contributed by atoms with Gasteiger partial charge in [-0.15, -0.1) is 0 Å². The van der Waals surface area contributed by atoms with Gasteiger partial charge in [0, 0.05) is 24.7 Å². The van der Waals surface area contributed by atoms with Gasteiger partial charge in [-0.3, -0.25) is 4.79 Å². The van der Waals surface area contributed by atoms with Gasteiger partial charge in [0.15, 0.2) is 0 Å². The lowest BCUT2D eigenvalue weighted by Crippen LogP contribution is -2.49. The van der Waals surface area contributed by atoms with Crippen molar-refractivity contribution >= 4 is 17.5 Å². The van der Waals surface area contributed by atoms with Crippen molar-refractivity contribution in [3.05, 3.63) is 70.5 Å². The fourth-order valence-electron chi connectivity index (χ4n) is 3.15. The van der Waals surface area contributed by atoms with Crippen molar-refractivity contribution in [2.45, 2.75) is 18.9 Å². The van der Waals surface area contributed by atoms with Crippen LogP contribution in [0, 0.1) is 5.82 Å². The molecule has 126 valence electrons. The van der Waals surface area contributed by atoms with Crippen LogP contribution < -0.4 is 5.32 Å². The Bertz CT molecular complexity index is 737. The van der Waals surface area contributed by atoms with E-state index in [9.17, 15) is 9.18 Å². The van der Waals surface area contributed by atoms with Gasteiger partial charge in [0.1, 0.15) is 5.82 Å². The average Bonchev–Trinajstić information content (AvgIpc) is 2.60. The topological polar surface area (TPSA) is 32.3 Å². The summed E-state index contributed by atoms with van der Waals surface area (Å²) in [4.78, 5) is 14.9. The molecule has 2 atom stereocenters. The Morgan fingerprint density at radius 1 is 1.29 bits per heavy atom. The molecule has 1 fully saturated rings. The highest BCUT2D eigenvalue weighted by molar-refractivity contribution is 6.30. The summed E-state index contributed by atoms with van der Waals surface area (Å²) < 4.78 is 13.5. The van der Waals surface area contributed by atoms with Crippen molar-refractivity contribution in [3.63, 3.8) is 0 Å². The highest BCUT2D eigenvalue weighted by Gasteiger charge is 2.31. The molecule has 3 rings (SSSR count). The molecule has 0 aliphatic carbocycles. The lowest BCUT2D eigenvalue weighted by molar-refractivity contribution is -0.135. The van der Waals surface area contributed by atoms with Crippen molar-refractivity contribution in [2.24, 2.45) is 0 Å². The minimum atomic E-state index is -0.388. The van der Waals surface area contributed by atoms with Crippen molar-refractivity contribution in [1.82, 2.24) is 10.2 Å². The summed E-state index contributed by atoms with van der Waals surface area (Å²) in [5.74, 6) is -0.702. The molecule has 24 heavy (non-hydrogen) atoms. The summed E-state index contributed by atoms with van der Waals surface area (Å²) in [5.41, 5.74) is 1.71. The van der Waals surface area contributed by atoms with Gasteiger partial charge in [0.05, 0.1) is 12.0 Å². The lowest BCUT2D eigenvalue weighted by atomic mass is 9.96. The van der Waals surface area contributed by atoms with E-state index in [2.05, 4.69) is 5.32 Å². The van der Waals surface area contributed by atoms with E-state index < -0.39 is 0 Å². The molecule has 0 saturated carbocycles. The van der Waals surface area contributed by atoms with Crippen LogP contribution in [0.15, 0.2) is 48.5 Å². The molecule has 1 N–H and O–H groups in total. The molecule has 2 aromatic rings. The van der Waals surface area contributed by atoms with Crippen molar-refractivity contribution in [3.8, 4) is 0 Å². The van der Waals surface area contributed by atoms with Gasteiger partial charge in [-0.1, -0.05) is 35.9 Å². The van der Waals surface area contributed by atoms with Gasteiger partial charge in [-0.05, 0) is 42.3 Å². The molecule has 5 heteroatoms. The number of carbonyl (C=O) groups excluding carboxylic acids is 1. The van der Waals surface area contributed by atoms with Crippen LogP contribution >= 0.6 is 11.6 Å².